The van der Waals surface area contributed by atoms with Gasteiger partial charge in [-0.1, -0.05) is 24.9 Å². The van der Waals surface area contributed by atoms with Gasteiger partial charge < -0.3 is 5.11 Å². The van der Waals surface area contributed by atoms with Crippen molar-refractivity contribution in [3.63, 3.8) is 0 Å². The van der Waals surface area contributed by atoms with Crippen molar-refractivity contribution in [3.05, 3.63) is 24.8 Å². The van der Waals surface area contributed by atoms with Crippen molar-refractivity contribution in [1.82, 2.24) is 0 Å². The molecule has 0 spiro atoms. The van der Waals surface area contributed by atoms with Gasteiger partial charge >= 0.3 is 5.97 Å². The monoisotopic (exact) mass is 156 g/mol. The van der Waals surface area contributed by atoms with E-state index in [4.69, 9.17) is 17.3 Å². The molecule has 0 aromatic heterocycles. The summed E-state index contributed by atoms with van der Waals surface area (Å²) < 4.78 is 0. The van der Waals surface area contributed by atoms with Gasteiger partial charge in [0, 0.05) is 11.3 Å². The van der Waals surface area contributed by atoms with E-state index >= 15 is 0 Å². The molecule has 0 radical (unpaired) electrons. The zero-order chi connectivity index (χ0) is 8.15. The number of rotatable bonds is 4. The van der Waals surface area contributed by atoms with Gasteiger partial charge in [0.25, 0.3) is 0 Å². The molecule has 0 amide bonds. The number of carbonyl (C=O) groups is 1. The summed E-state index contributed by atoms with van der Waals surface area (Å²) >= 11 is 4.70. The van der Waals surface area contributed by atoms with Crippen molar-refractivity contribution >= 4 is 23.1 Å². The van der Waals surface area contributed by atoms with Crippen LogP contribution in [0.3, 0.4) is 0 Å². The lowest BCUT2D eigenvalue weighted by atomic mass is 10.1. The van der Waals surface area contributed by atoms with Gasteiger partial charge in [0.15, 0.2) is 0 Å². The molecule has 0 aliphatic heterocycles. The summed E-state index contributed by atoms with van der Waals surface area (Å²) in [6, 6.07) is 0. The Balaban J connectivity index is 4.08. The number of carboxylic acids is 1. The molecule has 0 aromatic rings. The number of allylic oxidation sites excluding steroid dienone is 1. The first-order valence-corrected chi connectivity index (χ1v) is 3.06. The van der Waals surface area contributed by atoms with E-state index in [0.717, 1.165) is 0 Å². The first kappa shape index (κ1) is 9.04. The van der Waals surface area contributed by atoms with Gasteiger partial charge in [0.2, 0.25) is 0 Å². The lowest BCUT2D eigenvalue weighted by Crippen LogP contribution is -2.07. The topological polar surface area (TPSA) is 37.3 Å². The van der Waals surface area contributed by atoms with Crippen LogP contribution in [0.5, 0.6) is 0 Å². The minimum atomic E-state index is -1.06. The highest BCUT2D eigenvalue weighted by Crippen LogP contribution is 2.00. The molecule has 2 nitrogen and oxygen atoms in total. The highest BCUT2D eigenvalue weighted by Gasteiger charge is 2.07. The molecule has 0 saturated heterocycles. The van der Waals surface area contributed by atoms with Crippen molar-refractivity contribution in [2.75, 3.05) is 0 Å². The summed E-state index contributed by atoms with van der Waals surface area (Å²) in [5, 5.41) is 8.36. The molecule has 0 heterocycles. The molecule has 54 valence electrons. The SMILES string of the molecule is C=CCC(=S)C(=C)C(=O)O. The number of carboxylic acid groups (broad SMARTS) is 1. The third-order valence-corrected chi connectivity index (χ3v) is 1.34. The molecular formula is C7H8O2S. The Bertz CT molecular complexity index is 194. The largest absolute Gasteiger partial charge is 0.478 e. The molecule has 0 fully saturated rings. The molecule has 0 unspecified atom stereocenters. The van der Waals surface area contributed by atoms with E-state index in [1.807, 2.05) is 0 Å². The minimum Gasteiger partial charge on any atom is -0.478 e. The fourth-order valence-corrected chi connectivity index (χ4v) is 0.579. The summed E-state index contributed by atoms with van der Waals surface area (Å²) in [7, 11) is 0. The fraction of sp³-hybridized carbons (Fsp3) is 0.143. The Morgan fingerprint density at radius 2 is 2.20 bits per heavy atom. The van der Waals surface area contributed by atoms with Crippen LogP contribution < -0.4 is 0 Å². The third kappa shape index (κ3) is 2.55. The summed E-state index contributed by atoms with van der Waals surface area (Å²) in [5.74, 6) is -1.06. The maximum absolute atomic E-state index is 10.2. The lowest BCUT2D eigenvalue weighted by Gasteiger charge is -1.96. The van der Waals surface area contributed by atoms with Crippen LogP contribution in [-0.2, 0) is 4.79 Å². The van der Waals surface area contributed by atoms with Gasteiger partial charge in [-0.25, -0.2) is 4.79 Å². The number of hydrogen-bond acceptors (Lipinski definition) is 2. The highest BCUT2D eigenvalue weighted by atomic mass is 32.1. The lowest BCUT2D eigenvalue weighted by molar-refractivity contribution is -0.132. The van der Waals surface area contributed by atoms with Crippen molar-refractivity contribution in [3.8, 4) is 0 Å². The highest BCUT2D eigenvalue weighted by molar-refractivity contribution is 7.81. The molecule has 0 aliphatic rings. The van der Waals surface area contributed by atoms with Crippen LogP contribution in [-0.4, -0.2) is 15.9 Å². The van der Waals surface area contributed by atoms with E-state index in [2.05, 4.69) is 13.2 Å². The average Bonchev–Trinajstić information content (AvgIpc) is 1.87. The van der Waals surface area contributed by atoms with Crippen LogP contribution in [0.2, 0.25) is 0 Å². The molecule has 0 bridgehead atoms. The second-order valence-electron chi connectivity index (χ2n) is 1.70. The quantitative estimate of drug-likeness (QED) is 0.381. The van der Waals surface area contributed by atoms with Crippen molar-refractivity contribution < 1.29 is 9.90 Å². The van der Waals surface area contributed by atoms with Crippen LogP contribution in [0.1, 0.15) is 6.42 Å². The maximum Gasteiger partial charge on any atom is 0.336 e. The van der Waals surface area contributed by atoms with Crippen LogP contribution in [0.4, 0.5) is 0 Å². The van der Waals surface area contributed by atoms with Gasteiger partial charge in [-0.05, 0) is 0 Å². The molecule has 0 atom stereocenters. The van der Waals surface area contributed by atoms with Crippen LogP contribution >= 0.6 is 12.2 Å². The normalized spacial score (nSPS) is 8.40. The van der Waals surface area contributed by atoms with Gasteiger partial charge in [-0.3, -0.25) is 0 Å². The maximum atomic E-state index is 10.2. The van der Waals surface area contributed by atoms with Gasteiger partial charge in [-0.2, -0.15) is 0 Å². The second-order valence-corrected chi connectivity index (χ2v) is 2.19. The van der Waals surface area contributed by atoms with Crippen molar-refractivity contribution in [2.45, 2.75) is 6.42 Å². The molecule has 10 heavy (non-hydrogen) atoms. The van der Waals surface area contributed by atoms with E-state index in [9.17, 15) is 4.79 Å². The molecule has 3 heteroatoms. The number of thiocarbonyl (C=S) groups is 1. The molecular weight excluding hydrogens is 148 g/mol. The Kier molecular flexibility index (Phi) is 3.57. The summed E-state index contributed by atoms with van der Waals surface area (Å²) in [4.78, 5) is 10.5. The molecule has 0 aromatic carbocycles. The summed E-state index contributed by atoms with van der Waals surface area (Å²) in [6.45, 7) is 6.71. The van der Waals surface area contributed by atoms with Crippen molar-refractivity contribution in [1.29, 1.82) is 0 Å². The molecule has 0 rings (SSSR count). The fourth-order valence-electron chi connectivity index (χ4n) is 0.374. The zero-order valence-electron chi connectivity index (χ0n) is 5.46. The summed E-state index contributed by atoms with van der Waals surface area (Å²) in [6.07, 6.45) is 1.96. The van der Waals surface area contributed by atoms with E-state index in [1.54, 1.807) is 6.08 Å². The minimum absolute atomic E-state index is 0.0186. The van der Waals surface area contributed by atoms with Gasteiger partial charge in [0.1, 0.15) is 0 Å². The van der Waals surface area contributed by atoms with Crippen LogP contribution in [0.15, 0.2) is 24.8 Å². The number of aliphatic carboxylic acids is 1. The Labute approximate surface area is 64.9 Å². The van der Waals surface area contributed by atoms with Gasteiger partial charge in [0.05, 0.1) is 5.57 Å². The molecule has 1 N–H and O–H groups in total. The van der Waals surface area contributed by atoms with Gasteiger partial charge in [-0.15, -0.1) is 6.58 Å². The van der Waals surface area contributed by atoms with E-state index < -0.39 is 5.97 Å². The Morgan fingerprint density at radius 3 is 2.50 bits per heavy atom. The first-order valence-electron chi connectivity index (χ1n) is 2.66. The van der Waals surface area contributed by atoms with E-state index in [0.29, 0.717) is 11.3 Å². The number of hydrogen-bond donors (Lipinski definition) is 1. The van der Waals surface area contributed by atoms with E-state index in [-0.39, 0.29) is 5.57 Å². The van der Waals surface area contributed by atoms with Crippen LogP contribution in [0, 0.1) is 0 Å². The first-order chi connectivity index (χ1) is 4.59. The zero-order valence-corrected chi connectivity index (χ0v) is 6.28. The Hall–Kier alpha value is -0.960. The summed E-state index contributed by atoms with van der Waals surface area (Å²) in [5.41, 5.74) is -0.0186. The van der Waals surface area contributed by atoms with Crippen molar-refractivity contribution in [2.24, 2.45) is 0 Å². The smallest absolute Gasteiger partial charge is 0.336 e. The predicted molar refractivity (Wildman–Crippen MR) is 44.2 cm³/mol. The average molecular weight is 156 g/mol. The molecule has 0 saturated carbocycles. The standard InChI is InChI=1S/C7H8O2S/c1-3-4-6(10)5(2)7(8)9/h3H,1-2,4H2,(H,8,9). The predicted octanol–water partition coefficient (Wildman–Crippen LogP) is 1.57. The third-order valence-electron chi connectivity index (χ3n) is 0.924. The molecule has 0 aliphatic carbocycles. The second kappa shape index (κ2) is 3.95. The van der Waals surface area contributed by atoms with Crippen LogP contribution in [0.25, 0.3) is 0 Å². The van der Waals surface area contributed by atoms with E-state index in [1.165, 1.54) is 0 Å². The Morgan fingerprint density at radius 1 is 1.70 bits per heavy atom.